The van der Waals surface area contributed by atoms with E-state index in [4.69, 9.17) is 19.0 Å². The molecule has 6 heteroatoms. The van der Waals surface area contributed by atoms with Crippen molar-refractivity contribution < 1.29 is 23.8 Å². The van der Waals surface area contributed by atoms with E-state index in [0.29, 0.717) is 24.8 Å². The van der Waals surface area contributed by atoms with Crippen LogP contribution in [-0.2, 0) is 16.1 Å². The highest BCUT2D eigenvalue weighted by Crippen LogP contribution is 2.41. The summed E-state index contributed by atoms with van der Waals surface area (Å²) in [7, 11) is 1.59. The number of rotatable bonds is 7. The van der Waals surface area contributed by atoms with Gasteiger partial charge < -0.3 is 19.0 Å². The number of carboxylic acids is 1. The monoisotopic (exact) mass is 241 g/mol. The van der Waals surface area contributed by atoms with Gasteiger partial charge in [-0.05, 0) is 12.8 Å². The van der Waals surface area contributed by atoms with Crippen molar-refractivity contribution in [2.45, 2.75) is 25.4 Å². The average Bonchev–Trinajstić information content (AvgIpc) is 3.05. The van der Waals surface area contributed by atoms with E-state index >= 15 is 0 Å². The summed E-state index contributed by atoms with van der Waals surface area (Å²) in [5.41, 5.74) is 0.558. The van der Waals surface area contributed by atoms with Crippen LogP contribution in [0.5, 0.6) is 0 Å². The van der Waals surface area contributed by atoms with Gasteiger partial charge in [0.25, 0.3) is 0 Å². The molecule has 0 amide bonds. The average molecular weight is 241 g/mol. The number of aromatic carboxylic acids is 1. The van der Waals surface area contributed by atoms with Crippen LogP contribution in [0.15, 0.2) is 4.42 Å². The molecule has 0 spiro atoms. The molecule has 2 rings (SSSR count). The van der Waals surface area contributed by atoms with Gasteiger partial charge in [-0.25, -0.2) is 9.78 Å². The molecule has 1 aliphatic carbocycles. The predicted molar refractivity (Wildman–Crippen MR) is 57.0 cm³/mol. The maximum atomic E-state index is 10.9. The largest absolute Gasteiger partial charge is 0.475 e. The minimum Gasteiger partial charge on any atom is -0.475 e. The standard InChI is InChI=1S/C11H15NO5/c1-15-4-5-16-6-8-12-9(7-2-3-7)10(17-8)11(13)14/h7H,2-6H2,1H3,(H,13,14). The fourth-order valence-corrected chi connectivity index (χ4v) is 1.53. The molecule has 0 saturated heterocycles. The highest BCUT2D eigenvalue weighted by molar-refractivity contribution is 5.85. The first-order valence-electron chi connectivity index (χ1n) is 5.52. The zero-order valence-electron chi connectivity index (χ0n) is 9.64. The van der Waals surface area contributed by atoms with Gasteiger partial charge in [-0.2, -0.15) is 0 Å². The topological polar surface area (TPSA) is 81.8 Å². The molecule has 0 unspecified atom stereocenters. The molecule has 1 aromatic heterocycles. The van der Waals surface area contributed by atoms with Gasteiger partial charge in [0.2, 0.25) is 11.7 Å². The Kier molecular flexibility index (Phi) is 3.75. The van der Waals surface area contributed by atoms with Crippen LogP contribution < -0.4 is 0 Å². The number of carbonyl (C=O) groups is 1. The summed E-state index contributed by atoms with van der Waals surface area (Å²) in [5.74, 6) is -0.543. The third kappa shape index (κ3) is 3.04. The van der Waals surface area contributed by atoms with Crippen LogP contribution in [0.3, 0.4) is 0 Å². The Morgan fingerprint density at radius 1 is 1.53 bits per heavy atom. The van der Waals surface area contributed by atoms with Gasteiger partial charge >= 0.3 is 5.97 Å². The normalized spacial score (nSPS) is 15.1. The molecule has 1 aromatic rings. The molecule has 17 heavy (non-hydrogen) atoms. The number of hydrogen-bond acceptors (Lipinski definition) is 5. The van der Waals surface area contributed by atoms with E-state index in [2.05, 4.69) is 4.98 Å². The van der Waals surface area contributed by atoms with Crippen molar-refractivity contribution in [3.05, 3.63) is 17.3 Å². The molecular formula is C11H15NO5. The summed E-state index contributed by atoms with van der Waals surface area (Å²) in [5, 5.41) is 8.97. The highest BCUT2D eigenvalue weighted by Gasteiger charge is 2.33. The van der Waals surface area contributed by atoms with Crippen molar-refractivity contribution in [2.24, 2.45) is 0 Å². The van der Waals surface area contributed by atoms with Gasteiger partial charge in [0.1, 0.15) is 6.61 Å². The van der Waals surface area contributed by atoms with E-state index < -0.39 is 5.97 Å². The summed E-state index contributed by atoms with van der Waals surface area (Å²) in [4.78, 5) is 15.1. The number of methoxy groups -OCH3 is 1. The van der Waals surface area contributed by atoms with Gasteiger partial charge in [-0.3, -0.25) is 0 Å². The van der Waals surface area contributed by atoms with Crippen LogP contribution in [0.2, 0.25) is 0 Å². The Morgan fingerprint density at radius 2 is 2.29 bits per heavy atom. The Labute approximate surface area is 98.5 Å². The van der Waals surface area contributed by atoms with E-state index in [9.17, 15) is 4.79 Å². The first kappa shape index (κ1) is 12.1. The molecule has 1 heterocycles. The van der Waals surface area contributed by atoms with E-state index in [0.717, 1.165) is 12.8 Å². The second-order valence-electron chi connectivity index (χ2n) is 3.95. The Hall–Kier alpha value is -1.40. The van der Waals surface area contributed by atoms with Crippen LogP contribution in [-0.4, -0.2) is 36.4 Å². The molecule has 1 saturated carbocycles. The van der Waals surface area contributed by atoms with Gasteiger partial charge in [0.05, 0.1) is 18.9 Å². The second kappa shape index (κ2) is 5.29. The molecule has 0 atom stereocenters. The van der Waals surface area contributed by atoms with Gasteiger partial charge in [0.15, 0.2) is 0 Å². The lowest BCUT2D eigenvalue weighted by Gasteiger charge is -1.98. The number of hydrogen-bond donors (Lipinski definition) is 1. The minimum absolute atomic E-state index is 0.0437. The van der Waals surface area contributed by atoms with Crippen molar-refractivity contribution in [3.8, 4) is 0 Å². The molecule has 0 radical (unpaired) electrons. The lowest BCUT2D eigenvalue weighted by molar-refractivity contribution is 0.0494. The molecule has 1 aliphatic rings. The zero-order chi connectivity index (χ0) is 12.3. The summed E-state index contributed by atoms with van der Waals surface area (Å²) < 4.78 is 15.2. The third-order valence-electron chi connectivity index (χ3n) is 2.51. The van der Waals surface area contributed by atoms with Crippen molar-refractivity contribution in [2.75, 3.05) is 20.3 Å². The summed E-state index contributed by atoms with van der Waals surface area (Å²) >= 11 is 0. The first-order valence-corrected chi connectivity index (χ1v) is 5.52. The molecule has 0 aliphatic heterocycles. The highest BCUT2D eigenvalue weighted by atomic mass is 16.5. The van der Waals surface area contributed by atoms with E-state index in [1.165, 1.54) is 0 Å². The summed E-state index contributed by atoms with van der Waals surface area (Å²) in [6.07, 6.45) is 1.97. The van der Waals surface area contributed by atoms with E-state index in [1.54, 1.807) is 7.11 Å². The van der Waals surface area contributed by atoms with Crippen molar-refractivity contribution in [1.29, 1.82) is 0 Å². The van der Waals surface area contributed by atoms with Crippen LogP contribution in [0.1, 0.15) is 40.9 Å². The van der Waals surface area contributed by atoms with Crippen LogP contribution >= 0.6 is 0 Å². The van der Waals surface area contributed by atoms with Gasteiger partial charge in [-0.15, -0.1) is 0 Å². The van der Waals surface area contributed by atoms with Crippen LogP contribution in [0.4, 0.5) is 0 Å². The van der Waals surface area contributed by atoms with Gasteiger partial charge in [-0.1, -0.05) is 0 Å². The smallest absolute Gasteiger partial charge is 0.373 e. The fourth-order valence-electron chi connectivity index (χ4n) is 1.53. The van der Waals surface area contributed by atoms with Crippen molar-refractivity contribution in [3.63, 3.8) is 0 Å². The zero-order valence-corrected chi connectivity index (χ0v) is 9.64. The second-order valence-corrected chi connectivity index (χ2v) is 3.95. The lowest BCUT2D eigenvalue weighted by Crippen LogP contribution is -2.01. The number of oxazole rings is 1. The Bertz CT molecular complexity index is 397. The van der Waals surface area contributed by atoms with Crippen molar-refractivity contribution >= 4 is 5.97 Å². The summed E-state index contributed by atoms with van der Waals surface area (Å²) in [6.45, 7) is 1.10. The van der Waals surface area contributed by atoms with Crippen LogP contribution in [0, 0.1) is 0 Å². The Balaban J connectivity index is 1.98. The molecule has 0 bridgehead atoms. The molecule has 6 nitrogen and oxygen atoms in total. The van der Waals surface area contributed by atoms with Crippen molar-refractivity contribution in [1.82, 2.24) is 4.98 Å². The van der Waals surface area contributed by atoms with Crippen LogP contribution in [0.25, 0.3) is 0 Å². The molecule has 94 valence electrons. The third-order valence-corrected chi connectivity index (χ3v) is 2.51. The maximum absolute atomic E-state index is 10.9. The summed E-state index contributed by atoms with van der Waals surface area (Å²) in [6, 6.07) is 0. The minimum atomic E-state index is -1.07. The number of ether oxygens (including phenoxy) is 2. The number of carboxylic acid groups (broad SMARTS) is 1. The maximum Gasteiger partial charge on any atom is 0.373 e. The molecule has 0 aromatic carbocycles. The Morgan fingerprint density at radius 3 is 2.88 bits per heavy atom. The van der Waals surface area contributed by atoms with E-state index in [1.807, 2.05) is 0 Å². The quantitative estimate of drug-likeness (QED) is 0.727. The predicted octanol–water partition coefficient (Wildman–Crippen LogP) is 1.41. The van der Waals surface area contributed by atoms with E-state index in [-0.39, 0.29) is 18.3 Å². The molecule has 1 fully saturated rings. The fraction of sp³-hybridized carbons (Fsp3) is 0.636. The van der Waals surface area contributed by atoms with Gasteiger partial charge in [0, 0.05) is 13.0 Å². The number of nitrogens with zero attached hydrogens (tertiary/aromatic N) is 1. The molecule has 1 N–H and O–H groups in total. The molecular weight excluding hydrogens is 226 g/mol. The first-order chi connectivity index (χ1) is 8.22. The number of aromatic nitrogens is 1. The lowest BCUT2D eigenvalue weighted by atomic mass is 10.2. The SMILES string of the molecule is COCCOCc1nc(C2CC2)c(C(=O)O)o1.